The number of nitrogens with zero attached hydrogens (tertiary/aromatic N) is 1. The summed E-state index contributed by atoms with van der Waals surface area (Å²) in [6.45, 7) is 2.20. The first-order valence-corrected chi connectivity index (χ1v) is 4.53. The van der Waals surface area contributed by atoms with Crippen LogP contribution in [-0.4, -0.2) is 5.16 Å². The van der Waals surface area contributed by atoms with Crippen molar-refractivity contribution in [1.29, 1.82) is 0 Å². The van der Waals surface area contributed by atoms with Crippen LogP contribution in [0.2, 0.25) is 0 Å². The number of aromatic nitrogens is 1. The molecule has 1 heterocycles. The molecule has 1 aromatic rings. The van der Waals surface area contributed by atoms with Gasteiger partial charge in [-0.15, -0.1) is 0 Å². The average Bonchev–Trinajstić information content (AvgIpc) is 2.46. The summed E-state index contributed by atoms with van der Waals surface area (Å²) >= 11 is 0. The Balaban J connectivity index is 2.20. The molecule has 0 unspecified atom stereocenters. The number of aryl methyl sites for hydroxylation is 1. The van der Waals surface area contributed by atoms with Gasteiger partial charge in [-0.2, -0.15) is 0 Å². The molecule has 12 heavy (non-hydrogen) atoms. The van der Waals surface area contributed by atoms with Gasteiger partial charge in [-0.05, 0) is 12.8 Å². The predicted octanol–water partition coefficient (Wildman–Crippen LogP) is 2.38. The lowest BCUT2D eigenvalue weighted by molar-refractivity contribution is 0.422. The first-order chi connectivity index (χ1) is 5.84. The average molecular weight is 168 g/mol. The number of rotatable bonds is 5. The van der Waals surface area contributed by atoms with Gasteiger partial charge in [-0.25, -0.2) is 0 Å². The molecule has 0 fully saturated rings. The molecule has 0 aromatic carbocycles. The Hall–Kier alpha value is -0.990. The van der Waals surface area contributed by atoms with E-state index in [4.69, 9.17) is 10.3 Å². The van der Waals surface area contributed by atoms with E-state index in [1.807, 2.05) is 0 Å². The molecule has 0 saturated carbocycles. The van der Waals surface area contributed by atoms with Gasteiger partial charge in [0, 0.05) is 5.56 Å². The molecule has 1 aromatic heterocycles. The molecule has 0 radical (unpaired) electrons. The Labute approximate surface area is 72.9 Å². The van der Waals surface area contributed by atoms with Crippen LogP contribution in [0, 0.1) is 0 Å². The highest BCUT2D eigenvalue weighted by molar-refractivity contribution is 5.35. The Bertz CT molecular complexity index is 220. The van der Waals surface area contributed by atoms with Crippen LogP contribution in [0.15, 0.2) is 10.8 Å². The molecule has 0 amide bonds. The van der Waals surface area contributed by atoms with Crippen molar-refractivity contribution in [3.63, 3.8) is 0 Å². The molecule has 0 aliphatic carbocycles. The maximum absolute atomic E-state index is 5.55. The van der Waals surface area contributed by atoms with Gasteiger partial charge < -0.3 is 10.3 Å². The molecule has 0 aliphatic rings. The normalized spacial score (nSPS) is 10.4. The minimum absolute atomic E-state index is 0.548. The van der Waals surface area contributed by atoms with Gasteiger partial charge in [0.1, 0.15) is 6.26 Å². The number of unbranched alkanes of at least 4 members (excludes halogenated alkanes) is 3. The van der Waals surface area contributed by atoms with Crippen LogP contribution in [0.3, 0.4) is 0 Å². The second kappa shape index (κ2) is 4.80. The summed E-state index contributed by atoms with van der Waals surface area (Å²) < 4.78 is 4.73. The van der Waals surface area contributed by atoms with Crippen molar-refractivity contribution in [2.45, 2.75) is 39.0 Å². The van der Waals surface area contributed by atoms with E-state index in [9.17, 15) is 0 Å². The Kier molecular flexibility index (Phi) is 3.64. The fourth-order valence-electron chi connectivity index (χ4n) is 1.19. The molecule has 0 aliphatic heterocycles. The highest BCUT2D eigenvalue weighted by Gasteiger charge is 2.01. The lowest BCUT2D eigenvalue weighted by atomic mass is 10.1. The summed E-state index contributed by atoms with van der Waals surface area (Å²) in [4.78, 5) is 0. The number of nitrogen functional groups attached to an aromatic ring is 1. The van der Waals surface area contributed by atoms with Gasteiger partial charge in [0.15, 0.2) is 5.82 Å². The second-order valence-electron chi connectivity index (χ2n) is 3.04. The fourth-order valence-corrected chi connectivity index (χ4v) is 1.19. The van der Waals surface area contributed by atoms with Crippen LogP contribution in [0.1, 0.15) is 38.2 Å². The predicted molar refractivity (Wildman–Crippen MR) is 48.8 cm³/mol. The van der Waals surface area contributed by atoms with E-state index in [0.29, 0.717) is 5.82 Å². The van der Waals surface area contributed by atoms with E-state index in [-0.39, 0.29) is 0 Å². The number of anilines is 1. The molecular formula is C9H16N2O. The van der Waals surface area contributed by atoms with Crippen molar-refractivity contribution in [1.82, 2.24) is 5.16 Å². The minimum atomic E-state index is 0.548. The fraction of sp³-hybridized carbons (Fsp3) is 0.667. The van der Waals surface area contributed by atoms with E-state index < -0.39 is 0 Å². The van der Waals surface area contributed by atoms with E-state index in [2.05, 4.69) is 12.1 Å². The molecule has 3 heteroatoms. The van der Waals surface area contributed by atoms with E-state index in [1.54, 1.807) is 6.26 Å². The van der Waals surface area contributed by atoms with Crippen molar-refractivity contribution in [3.8, 4) is 0 Å². The standard InChI is InChI=1S/C9H16N2O/c1-2-3-4-5-6-8-7-12-11-9(8)10/h7H,2-6H2,1H3,(H2,10,11). The Morgan fingerprint density at radius 3 is 2.83 bits per heavy atom. The van der Waals surface area contributed by atoms with Gasteiger partial charge in [-0.1, -0.05) is 31.3 Å². The molecule has 0 saturated heterocycles. The third-order valence-corrected chi connectivity index (χ3v) is 1.97. The topological polar surface area (TPSA) is 52.0 Å². The lowest BCUT2D eigenvalue weighted by Gasteiger charge is -1.96. The molecule has 68 valence electrons. The highest BCUT2D eigenvalue weighted by Crippen LogP contribution is 2.12. The van der Waals surface area contributed by atoms with Gasteiger partial charge in [0.2, 0.25) is 0 Å². The van der Waals surface area contributed by atoms with Crippen molar-refractivity contribution in [3.05, 3.63) is 11.8 Å². The Morgan fingerprint density at radius 2 is 2.25 bits per heavy atom. The summed E-state index contributed by atoms with van der Waals surface area (Å²) in [5, 5.41) is 3.62. The van der Waals surface area contributed by atoms with Gasteiger partial charge in [0.25, 0.3) is 0 Å². The third-order valence-electron chi connectivity index (χ3n) is 1.97. The molecule has 0 atom stereocenters. The first-order valence-electron chi connectivity index (χ1n) is 4.53. The first kappa shape index (κ1) is 9.10. The number of hydrogen-bond acceptors (Lipinski definition) is 3. The maximum Gasteiger partial charge on any atom is 0.169 e. The highest BCUT2D eigenvalue weighted by atomic mass is 16.5. The second-order valence-corrected chi connectivity index (χ2v) is 3.04. The smallest absolute Gasteiger partial charge is 0.169 e. The summed E-state index contributed by atoms with van der Waals surface area (Å²) in [6.07, 6.45) is 7.64. The van der Waals surface area contributed by atoms with Crippen LogP contribution < -0.4 is 5.73 Å². The van der Waals surface area contributed by atoms with Gasteiger partial charge >= 0.3 is 0 Å². The minimum Gasteiger partial charge on any atom is -0.381 e. The Morgan fingerprint density at radius 1 is 1.42 bits per heavy atom. The number of hydrogen-bond donors (Lipinski definition) is 1. The van der Waals surface area contributed by atoms with E-state index in [0.717, 1.165) is 12.0 Å². The van der Waals surface area contributed by atoms with Gasteiger partial charge in [0.05, 0.1) is 0 Å². The summed E-state index contributed by atoms with van der Waals surface area (Å²) in [5.41, 5.74) is 6.60. The summed E-state index contributed by atoms with van der Waals surface area (Å²) in [7, 11) is 0. The van der Waals surface area contributed by atoms with E-state index in [1.165, 1.54) is 25.7 Å². The molecule has 0 bridgehead atoms. The monoisotopic (exact) mass is 168 g/mol. The third kappa shape index (κ3) is 2.57. The van der Waals surface area contributed by atoms with Crippen LogP contribution in [0.5, 0.6) is 0 Å². The van der Waals surface area contributed by atoms with Crippen molar-refractivity contribution < 1.29 is 4.52 Å². The summed E-state index contributed by atoms with van der Waals surface area (Å²) in [5.74, 6) is 0.548. The maximum atomic E-state index is 5.55. The molecule has 0 spiro atoms. The van der Waals surface area contributed by atoms with Crippen molar-refractivity contribution in [2.24, 2.45) is 0 Å². The van der Waals surface area contributed by atoms with Crippen molar-refractivity contribution in [2.75, 3.05) is 5.73 Å². The number of nitrogens with two attached hydrogens (primary N) is 1. The van der Waals surface area contributed by atoms with E-state index >= 15 is 0 Å². The van der Waals surface area contributed by atoms with Crippen LogP contribution in [0.4, 0.5) is 5.82 Å². The molecular weight excluding hydrogens is 152 g/mol. The van der Waals surface area contributed by atoms with Gasteiger partial charge in [-0.3, -0.25) is 0 Å². The zero-order valence-electron chi connectivity index (χ0n) is 7.55. The van der Waals surface area contributed by atoms with Crippen LogP contribution >= 0.6 is 0 Å². The van der Waals surface area contributed by atoms with Crippen LogP contribution in [0.25, 0.3) is 0 Å². The largest absolute Gasteiger partial charge is 0.381 e. The molecule has 3 nitrogen and oxygen atoms in total. The lowest BCUT2D eigenvalue weighted by Crippen LogP contribution is -1.91. The van der Waals surface area contributed by atoms with Crippen molar-refractivity contribution >= 4 is 5.82 Å². The zero-order valence-corrected chi connectivity index (χ0v) is 7.55. The SMILES string of the molecule is CCCCCCc1conc1N. The van der Waals surface area contributed by atoms with Crippen LogP contribution in [-0.2, 0) is 6.42 Å². The molecule has 1 rings (SSSR count). The molecule has 2 N–H and O–H groups in total. The zero-order chi connectivity index (χ0) is 8.81. The quantitative estimate of drug-likeness (QED) is 0.687. The summed E-state index contributed by atoms with van der Waals surface area (Å²) in [6, 6.07) is 0.